The van der Waals surface area contributed by atoms with Gasteiger partial charge in [-0.05, 0) is 58.0 Å². The van der Waals surface area contributed by atoms with Crippen molar-refractivity contribution in [3.05, 3.63) is 90.8 Å². The fourth-order valence-electron chi connectivity index (χ4n) is 4.54. The molecule has 5 rings (SSSR count). The topological polar surface area (TPSA) is 83.5 Å². The van der Waals surface area contributed by atoms with Crippen molar-refractivity contribution in [3.63, 3.8) is 0 Å². The van der Waals surface area contributed by atoms with E-state index >= 15 is 0 Å². The van der Waals surface area contributed by atoms with Crippen molar-refractivity contribution in [2.45, 2.75) is 39.7 Å². The number of allylic oxidation sites excluding steroid dienone is 1. The van der Waals surface area contributed by atoms with Gasteiger partial charge < -0.3 is 4.90 Å². The van der Waals surface area contributed by atoms with Gasteiger partial charge in [0.15, 0.2) is 0 Å². The predicted octanol–water partition coefficient (Wildman–Crippen LogP) is 6.71. The Morgan fingerprint density at radius 2 is 1.76 bits per heavy atom. The molecule has 0 amide bonds. The monoisotopic (exact) mass is 489 g/mol. The third-order valence-corrected chi connectivity index (χ3v) is 6.68. The highest BCUT2D eigenvalue weighted by atomic mass is 15.5. The molecule has 37 heavy (non-hydrogen) atoms. The maximum Gasteiger partial charge on any atom is 0.205 e. The summed E-state index contributed by atoms with van der Waals surface area (Å²) < 4.78 is 0. The third kappa shape index (κ3) is 5.26. The molecular formula is C30H31N7. The molecule has 0 aliphatic heterocycles. The molecule has 0 saturated carbocycles. The molecule has 0 radical (unpaired) electrons. The second-order valence-electron chi connectivity index (χ2n) is 9.14. The number of rotatable bonds is 10. The molecule has 7 heteroatoms. The maximum atomic E-state index is 4.75. The van der Waals surface area contributed by atoms with Crippen LogP contribution >= 0.6 is 0 Å². The number of hydrogen-bond donors (Lipinski definition) is 1. The van der Waals surface area contributed by atoms with E-state index in [1.807, 2.05) is 18.2 Å². The van der Waals surface area contributed by atoms with E-state index < -0.39 is 0 Å². The van der Waals surface area contributed by atoms with E-state index in [2.05, 4.69) is 99.5 Å². The molecule has 7 nitrogen and oxygen atoms in total. The van der Waals surface area contributed by atoms with E-state index in [0.29, 0.717) is 5.82 Å². The molecule has 2 heterocycles. The van der Waals surface area contributed by atoms with Crippen LogP contribution in [0.2, 0.25) is 0 Å². The summed E-state index contributed by atoms with van der Waals surface area (Å²) in [4.78, 5) is 11.6. The standard InChI is InChI=1S/C30H31N7/c1-4-6-17-37(30-27-18-24(21(3)5-2)15-16-28(27)31-20-32-30)19-22-11-13-23(14-12-22)25-9-7-8-10-26(25)29-33-35-36-34-29/h7-16,18,20H,3-6,17,19H2,1-2H3,(H,33,34,35,36). The van der Waals surface area contributed by atoms with Gasteiger partial charge in [0, 0.05) is 24.0 Å². The highest BCUT2D eigenvalue weighted by Crippen LogP contribution is 2.31. The second-order valence-corrected chi connectivity index (χ2v) is 9.14. The number of benzene rings is 3. The Bertz CT molecular complexity index is 1490. The number of hydrogen-bond acceptors (Lipinski definition) is 6. The van der Waals surface area contributed by atoms with Crippen molar-refractivity contribution in [1.82, 2.24) is 30.6 Å². The summed E-state index contributed by atoms with van der Waals surface area (Å²) in [7, 11) is 0. The van der Waals surface area contributed by atoms with Crippen LogP contribution < -0.4 is 4.90 Å². The summed E-state index contributed by atoms with van der Waals surface area (Å²) in [5, 5.41) is 15.7. The molecule has 0 spiro atoms. The van der Waals surface area contributed by atoms with Crippen LogP contribution in [0, 0.1) is 0 Å². The number of unbranched alkanes of at least 4 members (excludes halogenated alkanes) is 1. The van der Waals surface area contributed by atoms with E-state index in [9.17, 15) is 0 Å². The average molecular weight is 490 g/mol. The number of nitrogens with zero attached hydrogens (tertiary/aromatic N) is 6. The lowest BCUT2D eigenvalue weighted by atomic mass is 9.98. The predicted molar refractivity (Wildman–Crippen MR) is 150 cm³/mol. The Morgan fingerprint density at radius 3 is 2.49 bits per heavy atom. The minimum absolute atomic E-state index is 0.589. The van der Waals surface area contributed by atoms with Gasteiger partial charge in [-0.25, -0.2) is 9.97 Å². The van der Waals surface area contributed by atoms with Gasteiger partial charge >= 0.3 is 0 Å². The SMILES string of the molecule is C=C(CC)c1ccc2ncnc(N(CCCC)Cc3ccc(-c4ccccc4-c4nn[nH]n4)cc3)c2c1. The number of aromatic nitrogens is 6. The molecule has 5 aromatic rings. The van der Waals surface area contributed by atoms with Gasteiger partial charge in [-0.1, -0.05) is 81.4 Å². The number of aromatic amines is 1. The maximum absolute atomic E-state index is 4.75. The van der Waals surface area contributed by atoms with Crippen LogP contribution in [-0.4, -0.2) is 37.1 Å². The molecule has 0 saturated heterocycles. The lowest BCUT2D eigenvalue weighted by Gasteiger charge is -2.25. The molecular weight excluding hydrogens is 458 g/mol. The first-order chi connectivity index (χ1) is 18.2. The highest BCUT2D eigenvalue weighted by Gasteiger charge is 2.15. The summed E-state index contributed by atoms with van der Waals surface area (Å²) in [6.45, 7) is 10.3. The second kappa shape index (κ2) is 11.1. The average Bonchev–Trinajstić information content (AvgIpc) is 3.50. The van der Waals surface area contributed by atoms with E-state index in [-0.39, 0.29) is 0 Å². The quantitative estimate of drug-likeness (QED) is 0.235. The third-order valence-electron chi connectivity index (χ3n) is 6.68. The first-order valence-corrected chi connectivity index (χ1v) is 12.8. The minimum atomic E-state index is 0.589. The molecule has 3 aromatic carbocycles. The van der Waals surface area contributed by atoms with Gasteiger partial charge in [0.25, 0.3) is 0 Å². The van der Waals surface area contributed by atoms with E-state index in [1.165, 1.54) is 5.56 Å². The van der Waals surface area contributed by atoms with E-state index in [4.69, 9.17) is 4.98 Å². The van der Waals surface area contributed by atoms with Crippen molar-refractivity contribution in [2.24, 2.45) is 0 Å². The zero-order valence-electron chi connectivity index (χ0n) is 21.4. The lowest BCUT2D eigenvalue weighted by Crippen LogP contribution is -2.25. The first-order valence-electron chi connectivity index (χ1n) is 12.8. The number of anilines is 1. The van der Waals surface area contributed by atoms with E-state index in [1.54, 1.807) is 6.33 Å². The molecule has 1 N–H and O–H groups in total. The summed E-state index contributed by atoms with van der Waals surface area (Å²) in [6, 6.07) is 23.2. The molecule has 0 bridgehead atoms. The number of nitrogens with one attached hydrogen (secondary N) is 1. The minimum Gasteiger partial charge on any atom is -0.352 e. The molecule has 0 atom stereocenters. The van der Waals surface area contributed by atoms with Gasteiger partial charge in [-0.15, -0.1) is 10.2 Å². The van der Waals surface area contributed by atoms with Crippen molar-refractivity contribution >= 4 is 22.3 Å². The van der Waals surface area contributed by atoms with Crippen molar-refractivity contribution < 1.29 is 0 Å². The molecule has 186 valence electrons. The fraction of sp³-hybridized carbons (Fsp3) is 0.233. The van der Waals surface area contributed by atoms with Crippen LogP contribution in [0.3, 0.4) is 0 Å². The van der Waals surface area contributed by atoms with Crippen LogP contribution in [0.25, 0.3) is 39.0 Å². The van der Waals surface area contributed by atoms with E-state index in [0.717, 1.165) is 76.9 Å². The van der Waals surface area contributed by atoms with Gasteiger partial charge in [-0.3, -0.25) is 0 Å². The fourth-order valence-corrected chi connectivity index (χ4v) is 4.54. The van der Waals surface area contributed by atoms with Gasteiger partial charge in [0.05, 0.1) is 5.52 Å². The molecule has 2 aromatic heterocycles. The first kappa shape index (κ1) is 24.3. The Kier molecular flexibility index (Phi) is 7.31. The zero-order valence-corrected chi connectivity index (χ0v) is 21.4. The molecule has 0 unspecified atom stereocenters. The highest BCUT2D eigenvalue weighted by molar-refractivity contribution is 5.92. The Labute approximate surface area is 217 Å². The zero-order chi connectivity index (χ0) is 25.6. The van der Waals surface area contributed by atoms with Crippen LogP contribution in [0.15, 0.2) is 79.6 Å². The summed E-state index contributed by atoms with van der Waals surface area (Å²) in [5.41, 5.74) is 7.57. The molecule has 0 fully saturated rings. The number of tetrazole rings is 1. The Hall–Kier alpha value is -4.39. The number of fused-ring (bicyclic) bond motifs is 1. The smallest absolute Gasteiger partial charge is 0.205 e. The van der Waals surface area contributed by atoms with Crippen LogP contribution in [0.5, 0.6) is 0 Å². The van der Waals surface area contributed by atoms with Gasteiger partial charge in [0.1, 0.15) is 12.1 Å². The number of H-pyrrole nitrogens is 1. The normalized spacial score (nSPS) is 11.1. The summed E-state index contributed by atoms with van der Waals surface area (Å²) >= 11 is 0. The lowest BCUT2D eigenvalue weighted by molar-refractivity contribution is 0.709. The van der Waals surface area contributed by atoms with Crippen LogP contribution in [0.4, 0.5) is 5.82 Å². The van der Waals surface area contributed by atoms with Crippen molar-refractivity contribution in [1.29, 1.82) is 0 Å². The Morgan fingerprint density at radius 1 is 0.946 bits per heavy atom. The van der Waals surface area contributed by atoms with Crippen molar-refractivity contribution in [3.8, 4) is 22.5 Å². The summed E-state index contributed by atoms with van der Waals surface area (Å²) in [5.74, 6) is 1.56. The van der Waals surface area contributed by atoms with Gasteiger partial charge in [0.2, 0.25) is 5.82 Å². The Balaban J connectivity index is 1.46. The summed E-state index contributed by atoms with van der Waals surface area (Å²) in [6.07, 6.45) is 4.78. The largest absolute Gasteiger partial charge is 0.352 e. The van der Waals surface area contributed by atoms with Crippen LogP contribution in [-0.2, 0) is 6.54 Å². The molecule has 0 aliphatic carbocycles. The van der Waals surface area contributed by atoms with Crippen molar-refractivity contribution in [2.75, 3.05) is 11.4 Å². The van der Waals surface area contributed by atoms with Crippen LogP contribution in [0.1, 0.15) is 44.2 Å². The molecule has 0 aliphatic rings. The van der Waals surface area contributed by atoms with Gasteiger partial charge in [-0.2, -0.15) is 5.21 Å².